The topological polar surface area (TPSA) is 40.5 Å². The number of rotatable bonds is 4. The van der Waals surface area contributed by atoms with E-state index in [0.29, 0.717) is 18.4 Å². The first-order valence-corrected chi connectivity index (χ1v) is 6.95. The molecule has 1 fully saturated rings. The highest BCUT2D eigenvalue weighted by Gasteiger charge is 2.28. The highest BCUT2D eigenvalue weighted by Crippen LogP contribution is 2.32. The molecule has 1 N–H and O–H groups in total. The number of likely N-dealkylation sites (tertiary alicyclic amines) is 1. The van der Waals surface area contributed by atoms with Crippen molar-refractivity contribution in [3.05, 3.63) is 21.9 Å². The Balaban J connectivity index is 1.96. The van der Waals surface area contributed by atoms with Crippen LogP contribution in [0.15, 0.2) is 11.4 Å². The van der Waals surface area contributed by atoms with Gasteiger partial charge in [-0.1, -0.05) is 0 Å². The number of aliphatic carboxylic acids is 1. The van der Waals surface area contributed by atoms with Crippen molar-refractivity contribution in [2.75, 3.05) is 13.1 Å². The number of nitrogens with zero attached hydrogens (tertiary/aromatic N) is 1. The van der Waals surface area contributed by atoms with Gasteiger partial charge in [-0.3, -0.25) is 9.69 Å². The maximum atomic E-state index is 10.7. The fraction of sp³-hybridized carbons (Fsp3) is 0.615. The fourth-order valence-corrected chi connectivity index (χ4v) is 3.62. The first kappa shape index (κ1) is 12.6. The quantitative estimate of drug-likeness (QED) is 0.897. The summed E-state index contributed by atoms with van der Waals surface area (Å²) in [6.07, 6.45) is 1.33. The van der Waals surface area contributed by atoms with E-state index in [9.17, 15) is 4.79 Å². The van der Waals surface area contributed by atoms with E-state index in [1.807, 2.05) is 0 Å². The summed E-state index contributed by atoms with van der Waals surface area (Å²) >= 11 is 1.80. The van der Waals surface area contributed by atoms with E-state index < -0.39 is 5.97 Å². The van der Waals surface area contributed by atoms with Gasteiger partial charge in [-0.25, -0.2) is 0 Å². The smallest absolute Gasteiger partial charge is 0.303 e. The van der Waals surface area contributed by atoms with Crippen molar-refractivity contribution in [1.29, 1.82) is 0 Å². The lowest BCUT2D eigenvalue weighted by molar-refractivity contribution is -0.138. The third-order valence-electron chi connectivity index (χ3n) is 3.61. The van der Waals surface area contributed by atoms with E-state index >= 15 is 0 Å². The number of carboxylic acid groups (broad SMARTS) is 1. The summed E-state index contributed by atoms with van der Waals surface area (Å²) in [5, 5.41) is 10.9. The first-order chi connectivity index (χ1) is 8.08. The Labute approximate surface area is 106 Å². The molecule has 0 radical (unpaired) electrons. The largest absolute Gasteiger partial charge is 0.481 e. The minimum absolute atomic E-state index is 0.312. The van der Waals surface area contributed by atoms with Gasteiger partial charge in [0.1, 0.15) is 0 Å². The van der Waals surface area contributed by atoms with Crippen molar-refractivity contribution >= 4 is 17.3 Å². The van der Waals surface area contributed by atoms with Crippen molar-refractivity contribution in [2.24, 2.45) is 5.92 Å². The van der Waals surface area contributed by atoms with Crippen LogP contribution in [0.4, 0.5) is 0 Å². The predicted octanol–water partition coefficient (Wildman–Crippen LogP) is 2.91. The normalized spacial score (nSPS) is 22.8. The molecule has 0 amide bonds. The lowest BCUT2D eigenvalue weighted by atomic mass is 10.1. The second-order valence-electron chi connectivity index (χ2n) is 4.89. The molecule has 3 nitrogen and oxygen atoms in total. The van der Waals surface area contributed by atoms with Crippen molar-refractivity contribution in [3.8, 4) is 0 Å². The molecule has 0 spiro atoms. The van der Waals surface area contributed by atoms with Crippen LogP contribution in [0.2, 0.25) is 0 Å². The maximum Gasteiger partial charge on any atom is 0.303 e. The van der Waals surface area contributed by atoms with E-state index in [4.69, 9.17) is 5.11 Å². The van der Waals surface area contributed by atoms with Crippen LogP contribution in [0.5, 0.6) is 0 Å². The molecule has 2 atom stereocenters. The SMILES string of the molecule is Cc1ccsc1C(C)N1CCC(CC(=O)O)C1. The molecule has 1 aromatic heterocycles. The van der Waals surface area contributed by atoms with Crippen LogP contribution in [-0.4, -0.2) is 29.1 Å². The summed E-state index contributed by atoms with van der Waals surface area (Å²) in [5.41, 5.74) is 1.35. The second kappa shape index (κ2) is 5.19. The van der Waals surface area contributed by atoms with Crippen molar-refractivity contribution in [3.63, 3.8) is 0 Å². The van der Waals surface area contributed by atoms with Crippen molar-refractivity contribution < 1.29 is 9.90 Å². The predicted molar refractivity (Wildman–Crippen MR) is 69.4 cm³/mol. The van der Waals surface area contributed by atoms with Gasteiger partial charge < -0.3 is 5.11 Å². The molecular formula is C13H19NO2S. The minimum atomic E-state index is -0.670. The van der Waals surface area contributed by atoms with Crippen LogP contribution in [0, 0.1) is 12.8 Å². The van der Waals surface area contributed by atoms with Gasteiger partial charge in [0, 0.05) is 23.9 Å². The molecule has 2 rings (SSSR count). The molecule has 0 bridgehead atoms. The molecule has 0 aromatic carbocycles. The molecule has 0 aliphatic carbocycles. The molecule has 1 aliphatic rings. The van der Waals surface area contributed by atoms with Crippen molar-refractivity contribution in [2.45, 2.75) is 32.7 Å². The average Bonchev–Trinajstić information content (AvgIpc) is 2.85. The third kappa shape index (κ3) is 2.87. The molecule has 2 unspecified atom stereocenters. The molecule has 17 heavy (non-hydrogen) atoms. The van der Waals surface area contributed by atoms with Crippen LogP contribution in [0.1, 0.15) is 36.2 Å². The monoisotopic (exact) mass is 253 g/mol. The Kier molecular flexibility index (Phi) is 3.84. The molecule has 1 saturated heterocycles. The van der Waals surface area contributed by atoms with Crippen LogP contribution >= 0.6 is 11.3 Å². The van der Waals surface area contributed by atoms with Gasteiger partial charge in [-0.15, -0.1) is 11.3 Å². The molecular weight excluding hydrogens is 234 g/mol. The Hall–Kier alpha value is -0.870. The highest BCUT2D eigenvalue weighted by molar-refractivity contribution is 7.10. The molecule has 0 saturated carbocycles. The van der Waals surface area contributed by atoms with E-state index in [1.54, 1.807) is 11.3 Å². The van der Waals surface area contributed by atoms with Crippen LogP contribution < -0.4 is 0 Å². The number of hydrogen-bond donors (Lipinski definition) is 1. The van der Waals surface area contributed by atoms with Gasteiger partial charge in [0.15, 0.2) is 0 Å². The summed E-state index contributed by atoms with van der Waals surface area (Å²) in [6.45, 7) is 6.32. The Morgan fingerprint density at radius 1 is 1.71 bits per heavy atom. The van der Waals surface area contributed by atoms with Gasteiger partial charge in [0.05, 0.1) is 0 Å². The van der Waals surface area contributed by atoms with E-state index in [1.165, 1.54) is 10.4 Å². The maximum absolute atomic E-state index is 10.7. The first-order valence-electron chi connectivity index (χ1n) is 6.07. The summed E-state index contributed by atoms with van der Waals surface area (Å²) in [4.78, 5) is 14.5. The van der Waals surface area contributed by atoms with E-state index in [0.717, 1.165) is 19.5 Å². The lowest BCUT2D eigenvalue weighted by Gasteiger charge is -2.24. The van der Waals surface area contributed by atoms with Crippen LogP contribution in [0.25, 0.3) is 0 Å². The van der Waals surface area contributed by atoms with Gasteiger partial charge >= 0.3 is 5.97 Å². The van der Waals surface area contributed by atoms with Gasteiger partial charge in [-0.05, 0) is 49.7 Å². The Morgan fingerprint density at radius 3 is 3.06 bits per heavy atom. The summed E-state index contributed by atoms with van der Waals surface area (Å²) < 4.78 is 0. The van der Waals surface area contributed by atoms with Gasteiger partial charge in [-0.2, -0.15) is 0 Å². The molecule has 1 aromatic rings. The van der Waals surface area contributed by atoms with E-state index in [-0.39, 0.29) is 0 Å². The molecule has 4 heteroatoms. The zero-order chi connectivity index (χ0) is 12.4. The summed E-state index contributed by atoms with van der Waals surface area (Å²) in [7, 11) is 0. The number of carboxylic acids is 1. The van der Waals surface area contributed by atoms with E-state index in [2.05, 4.69) is 30.2 Å². The molecule has 1 aliphatic heterocycles. The fourth-order valence-electron chi connectivity index (χ4n) is 2.61. The lowest BCUT2D eigenvalue weighted by Crippen LogP contribution is -2.24. The number of hydrogen-bond acceptors (Lipinski definition) is 3. The molecule has 2 heterocycles. The third-order valence-corrected chi connectivity index (χ3v) is 4.80. The number of aryl methyl sites for hydroxylation is 1. The number of carbonyl (C=O) groups is 1. The zero-order valence-electron chi connectivity index (χ0n) is 10.3. The minimum Gasteiger partial charge on any atom is -0.481 e. The Bertz CT molecular complexity index is 402. The second-order valence-corrected chi connectivity index (χ2v) is 5.84. The molecule has 94 valence electrons. The van der Waals surface area contributed by atoms with Crippen LogP contribution in [0.3, 0.4) is 0 Å². The zero-order valence-corrected chi connectivity index (χ0v) is 11.2. The van der Waals surface area contributed by atoms with Crippen molar-refractivity contribution in [1.82, 2.24) is 4.90 Å². The summed E-state index contributed by atoms with van der Waals surface area (Å²) in [6, 6.07) is 2.58. The summed E-state index contributed by atoms with van der Waals surface area (Å²) in [5.74, 6) is -0.341. The standard InChI is InChI=1S/C13H19NO2S/c1-9-4-6-17-13(9)10(2)14-5-3-11(8-14)7-12(15)16/h4,6,10-11H,3,5,7-8H2,1-2H3,(H,15,16). The highest BCUT2D eigenvalue weighted by atomic mass is 32.1. The van der Waals surface area contributed by atoms with Gasteiger partial charge in [0.2, 0.25) is 0 Å². The Morgan fingerprint density at radius 2 is 2.47 bits per heavy atom. The van der Waals surface area contributed by atoms with Crippen LogP contribution in [-0.2, 0) is 4.79 Å². The van der Waals surface area contributed by atoms with Gasteiger partial charge in [0.25, 0.3) is 0 Å². The average molecular weight is 253 g/mol. The number of thiophene rings is 1.